The SMILES string of the molecule is COc1ccc2c(c1)CCN(Cc1n[nH]c(C)c1Cl)C2. The van der Waals surface area contributed by atoms with Gasteiger partial charge >= 0.3 is 0 Å². The number of nitrogens with one attached hydrogen (secondary N) is 1. The number of aromatic amines is 1. The second-order valence-electron chi connectivity index (χ2n) is 5.20. The predicted octanol–water partition coefficient (Wildman–Crippen LogP) is 2.94. The first-order valence-corrected chi connectivity index (χ1v) is 7.12. The fourth-order valence-corrected chi connectivity index (χ4v) is 2.78. The van der Waals surface area contributed by atoms with E-state index in [1.165, 1.54) is 11.1 Å². The van der Waals surface area contributed by atoms with Crippen molar-refractivity contribution >= 4 is 11.6 Å². The first kappa shape index (κ1) is 13.5. The first-order chi connectivity index (χ1) is 9.67. The van der Waals surface area contributed by atoms with E-state index in [9.17, 15) is 0 Å². The molecule has 1 aliphatic rings. The molecule has 0 bridgehead atoms. The van der Waals surface area contributed by atoms with Crippen LogP contribution in [-0.2, 0) is 19.5 Å². The van der Waals surface area contributed by atoms with Crippen molar-refractivity contribution in [3.63, 3.8) is 0 Å². The number of hydrogen-bond donors (Lipinski definition) is 1. The minimum absolute atomic E-state index is 0.755. The lowest BCUT2D eigenvalue weighted by Gasteiger charge is -2.28. The molecule has 2 aromatic rings. The van der Waals surface area contributed by atoms with Crippen molar-refractivity contribution in [2.24, 2.45) is 0 Å². The van der Waals surface area contributed by atoms with Gasteiger partial charge in [0, 0.05) is 19.6 Å². The van der Waals surface area contributed by atoms with Gasteiger partial charge < -0.3 is 4.74 Å². The van der Waals surface area contributed by atoms with Crippen molar-refractivity contribution in [2.45, 2.75) is 26.4 Å². The number of benzene rings is 1. The average Bonchev–Trinajstić information content (AvgIpc) is 2.79. The van der Waals surface area contributed by atoms with Crippen molar-refractivity contribution in [3.8, 4) is 5.75 Å². The number of ether oxygens (including phenoxy) is 1. The van der Waals surface area contributed by atoms with Gasteiger partial charge in [-0.05, 0) is 36.6 Å². The van der Waals surface area contributed by atoms with Crippen LogP contribution in [0.15, 0.2) is 18.2 Å². The third kappa shape index (κ3) is 2.53. The molecule has 0 fully saturated rings. The second kappa shape index (κ2) is 5.46. The van der Waals surface area contributed by atoms with Gasteiger partial charge in [0.05, 0.1) is 23.5 Å². The minimum atomic E-state index is 0.755. The van der Waals surface area contributed by atoms with Gasteiger partial charge in [0.1, 0.15) is 5.75 Å². The van der Waals surface area contributed by atoms with Gasteiger partial charge in [0.2, 0.25) is 0 Å². The summed E-state index contributed by atoms with van der Waals surface area (Å²) in [5, 5.41) is 7.96. The van der Waals surface area contributed by atoms with Crippen LogP contribution in [0, 0.1) is 6.92 Å². The maximum absolute atomic E-state index is 6.23. The number of halogens is 1. The highest BCUT2D eigenvalue weighted by molar-refractivity contribution is 6.31. The summed E-state index contributed by atoms with van der Waals surface area (Å²) < 4.78 is 5.28. The maximum atomic E-state index is 6.23. The van der Waals surface area contributed by atoms with Crippen molar-refractivity contribution in [1.82, 2.24) is 15.1 Å². The lowest BCUT2D eigenvalue weighted by molar-refractivity contribution is 0.242. The quantitative estimate of drug-likeness (QED) is 0.945. The summed E-state index contributed by atoms with van der Waals surface area (Å²) in [5.74, 6) is 0.933. The Morgan fingerprint density at radius 3 is 2.95 bits per heavy atom. The van der Waals surface area contributed by atoms with Gasteiger partial charge in [-0.2, -0.15) is 5.10 Å². The van der Waals surface area contributed by atoms with Crippen molar-refractivity contribution in [2.75, 3.05) is 13.7 Å². The largest absolute Gasteiger partial charge is 0.497 e. The normalized spacial score (nSPS) is 15.2. The van der Waals surface area contributed by atoms with Crippen LogP contribution in [-0.4, -0.2) is 28.8 Å². The molecule has 1 N–H and O–H groups in total. The zero-order chi connectivity index (χ0) is 14.1. The van der Waals surface area contributed by atoms with Crippen LogP contribution in [0.2, 0.25) is 5.02 Å². The van der Waals surface area contributed by atoms with Crippen LogP contribution in [0.5, 0.6) is 5.75 Å². The van der Waals surface area contributed by atoms with Gasteiger partial charge in [-0.25, -0.2) is 0 Å². The summed E-state index contributed by atoms with van der Waals surface area (Å²) in [6.07, 6.45) is 1.04. The van der Waals surface area contributed by atoms with Crippen LogP contribution in [0.4, 0.5) is 0 Å². The Morgan fingerprint density at radius 2 is 2.25 bits per heavy atom. The fourth-order valence-electron chi connectivity index (χ4n) is 2.63. The first-order valence-electron chi connectivity index (χ1n) is 6.75. The Labute approximate surface area is 123 Å². The Bertz CT molecular complexity index is 624. The molecule has 1 aromatic carbocycles. The van der Waals surface area contributed by atoms with Crippen LogP contribution >= 0.6 is 11.6 Å². The molecule has 0 unspecified atom stereocenters. The number of hydrogen-bond acceptors (Lipinski definition) is 3. The third-order valence-electron chi connectivity index (χ3n) is 3.82. The summed E-state index contributed by atoms with van der Waals surface area (Å²) in [6, 6.07) is 6.31. The minimum Gasteiger partial charge on any atom is -0.497 e. The standard InChI is InChI=1S/C15H18ClN3O/c1-10-15(16)14(18-17-10)9-19-6-5-11-7-13(20-2)4-3-12(11)8-19/h3-4,7H,5-6,8-9H2,1-2H3,(H,17,18). The summed E-state index contributed by atoms with van der Waals surface area (Å²) in [7, 11) is 1.71. The van der Waals surface area contributed by atoms with Crippen LogP contribution in [0.1, 0.15) is 22.5 Å². The molecule has 0 radical (unpaired) electrons. The van der Waals surface area contributed by atoms with Crippen molar-refractivity contribution in [3.05, 3.63) is 45.7 Å². The highest BCUT2D eigenvalue weighted by Crippen LogP contribution is 2.26. The Kier molecular flexibility index (Phi) is 3.68. The molecule has 5 heteroatoms. The van der Waals surface area contributed by atoms with Crippen LogP contribution in [0.25, 0.3) is 0 Å². The number of nitrogens with zero attached hydrogens (tertiary/aromatic N) is 2. The van der Waals surface area contributed by atoms with E-state index >= 15 is 0 Å². The molecule has 20 heavy (non-hydrogen) atoms. The summed E-state index contributed by atoms with van der Waals surface area (Å²) in [4.78, 5) is 2.37. The van der Waals surface area contributed by atoms with E-state index < -0.39 is 0 Å². The molecule has 0 saturated carbocycles. The summed E-state index contributed by atoms with van der Waals surface area (Å²) in [5.41, 5.74) is 4.61. The van der Waals surface area contributed by atoms with E-state index in [-0.39, 0.29) is 0 Å². The van der Waals surface area contributed by atoms with Gasteiger partial charge in [0.15, 0.2) is 0 Å². The molecule has 2 heterocycles. The smallest absolute Gasteiger partial charge is 0.119 e. The van der Waals surface area contributed by atoms with Gasteiger partial charge in [0.25, 0.3) is 0 Å². The highest BCUT2D eigenvalue weighted by Gasteiger charge is 2.19. The Balaban J connectivity index is 1.74. The van der Waals surface area contributed by atoms with E-state index in [1.54, 1.807) is 7.11 Å². The maximum Gasteiger partial charge on any atom is 0.119 e. The number of aromatic nitrogens is 2. The Morgan fingerprint density at radius 1 is 1.40 bits per heavy atom. The monoisotopic (exact) mass is 291 g/mol. The van der Waals surface area contributed by atoms with E-state index in [0.717, 1.165) is 48.2 Å². The van der Waals surface area contributed by atoms with Crippen LogP contribution < -0.4 is 4.74 Å². The van der Waals surface area contributed by atoms with Crippen LogP contribution in [0.3, 0.4) is 0 Å². The Hall–Kier alpha value is -1.52. The van der Waals surface area contributed by atoms with E-state index in [4.69, 9.17) is 16.3 Å². The number of aryl methyl sites for hydroxylation is 1. The van der Waals surface area contributed by atoms with E-state index in [2.05, 4.69) is 27.2 Å². The topological polar surface area (TPSA) is 41.1 Å². The molecule has 0 spiro atoms. The molecule has 106 valence electrons. The second-order valence-corrected chi connectivity index (χ2v) is 5.58. The molecule has 4 nitrogen and oxygen atoms in total. The number of fused-ring (bicyclic) bond motifs is 1. The third-order valence-corrected chi connectivity index (χ3v) is 4.32. The van der Waals surface area contributed by atoms with Crippen molar-refractivity contribution < 1.29 is 4.74 Å². The molecular weight excluding hydrogens is 274 g/mol. The fraction of sp³-hybridized carbons (Fsp3) is 0.400. The van der Waals surface area contributed by atoms with E-state index in [1.807, 2.05) is 13.0 Å². The molecular formula is C15H18ClN3O. The molecule has 0 amide bonds. The molecule has 0 aliphatic carbocycles. The lowest BCUT2D eigenvalue weighted by atomic mass is 9.99. The predicted molar refractivity (Wildman–Crippen MR) is 79.1 cm³/mol. The average molecular weight is 292 g/mol. The van der Waals surface area contributed by atoms with Gasteiger partial charge in [-0.3, -0.25) is 10.00 Å². The van der Waals surface area contributed by atoms with Gasteiger partial charge in [-0.15, -0.1) is 0 Å². The molecule has 1 aliphatic heterocycles. The zero-order valence-corrected chi connectivity index (χ0v) is 12.5. The molecule has 0 saturated heterocycles. The number of methoxy groups -OCH3 is 1. The highest BCUT2D eigenvalue weighted by atomic mass is 35.5. The van der Waals surface area contributed by atoms with E-state index in [0.29, 0.717) is 0 Å². The van der Waals surface area contributed by atoms with Crippen molar-refractivity contribution in [1.29, 1.82) is 0 Å². The molecule has 3 rings (SSSR count). The molecule has 1 aromatic heterocycles. The lowest BCUT2D eigenvalue weighted by Crippen LogP contribution is -2.30. The summed E-state index contributed by atoms with van der Waals surface area (Å²) >= 11 is 6.23. The summed E-state index contributed by atoms with van der Waals surface area (Å²) in [6.45, 7) is 4.68. The number of H-pyrrole nitrogens is 1. The molecule has 0 atom stereocenters. The number of rotatable bonds is 3. The zero-order valence-electron chi connectivity index (χ0n) is 11.7. The van der Waals surface area contributed by atoms with Gasteiger partial charge in [-0.1, -0.05) is 17.7 Å².